The van der Waals surface area contributed by atoms with Crippen LogP contribution in [0.15, 0.2) is 46.0 Å². The molecule has 0 aliphatic rings. The average Bonchev–Trinajstić information content (AvgIpc) is 2.97. The van der Waals surface area contributed by atoms with Gasteiger partial charge in [-0.3, -0.25) is 4.79 Å². The zero-order valence-electron chi connectivity index (χ0n) is 13.5. The molecule has 11 heteroatoms. The number of halogens is 4. The van der Waals surface area contributed by atoms with E-state index < -0.39 is 38.3 Å². The number of sulfone groups is 1. The summed E-state index contributed by atoms with van der Waals surface area (Å²) in [6.07, 6.45) is -3.85. The van der Waals surface area contributed by atoms with Gasteiger partial charge in [0.05, 0.1) is 11.1 Å². The lowest BCUT2D eigenvalue weighted by molar-refractivity contribution is -0.137. The Morgan fingerprint density at radius 1 is 1.19 bits per heavy atom. The molecule has 0 aliphatic heterocycles. The fourth-order valence-corrected chi connectivity index (χ4v) is 2.96. The van der Waals surface area contributed by atoms with Crippen LogP contribution in [0.2, 0.25) is 5.02 Å². The lowest BCUT2D eigenvalue weighted by Crippen LogP contribution is -2.18. The summed E-state index contributed by atoms with van der Waals surface area (Å²) in [5.41, 5.74) is -1.41. The third-order valence-corrected chi connectivity index (χ3v) is 4.52. The Morgan fingerprint density at radius 2 is 1.89 bits per heavy atom. The smallest absolute Gasteiger partial charge is 0.417 e. The van der Waals surface area contributed by atoms with Gasteiger partial charge in [-0.25, -0.2) is 8.42 Å². The quantitative estimate of drug-likeness (QED) is 0.690. The monoisotopic (exact) mass is 418 g/mol. The van der Waals surface area contributed by atoms with E-state index in [1.807, 2.05) is 0 Å². The third-order valence-electron chi connectivity index (χ3n) is 3.48. The van der Waals surface area contributed by atoms with Gasteiger partial charge >= 0.3 is 11.4 Å². The molecule has 1 amide bonds. The number of benzene rings is 2. The maximum atomic E-state index is 13.1. The van der Waals surface area contributed by atoms with E-state index in [0.29, 0.717) is 6.07 Å². The van der Waals surface area contributed by atoms with Crippen LogP contribution in [0.4, 0.5) is 18.9 Å². The molecular formula is C16H10ClF3N2O4S. The number of hydrogen-bond acceptors (Lipinski definition) is 5. The molecule has 0 saturated heterocycles. The van der Waals surface area contributed by atoms with Crippen LogP contribution in [0.5, 0.6) is 0 Å². The van der Waals surface area contributed by atoms with Crippen molar-refractivity contribution in [1.82, 2.24) is 4.98 Å². The van der Waals surface area contributed by atoms with Crippen molar-refractivity contribution in [3.8, 4) is 0 Å². The normalized spacial score (nSPS) is 12.3. The molecule has 0 saturated carbocycles. The first-order valence-electron chi connectivity index (χ1n) is 7.24. The number of oxazole rings is 1. The van der Waals surface area contributed by atoms with E-state index in [2.05, 4.69) is 10.3 Å². The van der Waals surface area contributed by atoms with E-state index in [1.165, 1.54) is 24.3 Å². The Bertz CT molecular complexity index is 1160. The van der Waals surface area contributed by atoms with Crippen LogP contribution in [0.25, 0.3) is 11.1 Å². The largest absolute Gasteiger partial charge is 0.428 e. The zero-order chi connectivity index (χ0) is 20.0. The third kappa shape index (κ3) is 4.06. The first-order chi connectivity index (χ1) is 12.4. The number of anilines is 1. The van der Waals surface area contributed by atoms with Gasteiger partial charge in [0, 0.05) is 23.0 Å². The molecule has 0 bridgehead atoms. The molecule has 1 heterocycles. The van der Waals surface area contributed by atoms with Gasteiger partial charge in [0.25, 0.3) is 5.91 Å². The van der Waals surface area contributed by atoms with Crippen molar-refractivity contribution in [3.63, 3.8) is 0 Å². The van der Waals surface area contributed by atoms with Gasteiger partial charge in [0.2, 0.25) is 9.84 Å². The SMILES string of the molecule is CS(=O)(=O)c1nc2ccc(NC(=O)c3ccc(Cl)cc3C(F)(F)F)cc2o1. The highest BCUT2D eigenvalue weighted by molar-refractivity contribution is 7.90. The van der Waals surface area contributed by atoms with E-state index in [-0.39, 0.29) is 21.8 Å². The van der Waals surface area contributed by atoms with E-state index in [4.69, 9.17) is 16.0 Å². The van der Waals surface area contributed by atoms with E-state index in [0.717, 1.165) is 12.3 Å². The highest BCUT2D eigenvalue weighted by Gasteiger charge is 2.35. The number of nitrogens with one attached hydrogen (secondary N) is 1. The van der Waals surface area contributed by atoms with Gasteiger partial charge in [-0.2, -0.15) is 18.2 Å². The topological polar surface area (TPSA) is 89.3 Å². The molecule has 0 fully saturated rings. The number of nitrogens with zero attached hydrogens (tertiary/aromatic N) is 1. The summed E-state index contributed by atoms with van der Waals surface area (Å²) in [5.74, 6) is -1.01. The number of carbonyl (C=O) groups excluding carboxylic acids is 1. The van der Waals surface area contributed by atoms with Gasteiger partial charge in [0.15, 0.2) is 5.58 Å². The van der Waals surface area contributed by atoms with Crippen LogP contribution in [0.3, 0.4) is 0 Å². The predicted octanol–water partition coefficient (Wildman–Crippen LogP) is 4.16. The molecule has 1 aromatic heterocycles. The van der Waals surface area contributed by atoms with Crippen molar-refractivity contribution in [1.29, 1.82) is 0 Å². The van der Waals surface area contributed by atoms with Crippen LogP contribution in [-0.4, -0.2) is 25.6 Å². The molecule has 3 aromatic rings. The maximum absolute atomic E-state index is 13.1. The standard InChI is InChI=1S/C16H10ClF3N2O4S/c1-27(24,25)15-22-12-5-3-9(7-13(12)26-15)21-14(23)10-4-2-8(17)6-11(10)16(18,19)20/h2-7H,1H3,(H,21,23). The summed E-state index contributed by atoms with van der Waals surface area (Å²) in [5, 5.41) is 1.65. The van der Waals surface area contributed by atoms with Gasteiger partial charge in [-0.05, 0) is 30.3 Å². The second-order valence-electron chi connectivity index (χ2n) is 5.58. The summed E-state index contributed by atoms with van der Waals surface area (Å²) in [6, 6.07) is 6.79. The summed E-state index contributed by atoms with van der Waals surface area (Å²) in [7, 11) is -3.67. The van der Waals surface area contributed by atoms with E-state index in [9.17, 15) is 26.4 Å². The summed E-state index contributed by atoms with van der Waals surface area (Å²) >= 11 is 5.59. The lowest BCUT2D eigenvalue weighted by atomic mass is 10.1. The van der Waals surface area contributed by atoms with Crippen LogP contribution < -0.4 is 5.32 Å². The minimum absolute atomic E-state index is 0.0559. The molecule has 0 atom stereocenters. The van der Waals surface area contributed by atoms with Gasteiger partial charge in [-0.1, -0.05) is 11.6 Å². The second-order valence-corrected chi connectivity index (χ2v) is 7.91. The molecule has 0 aliphatic carbocycles. The molecule has 142 valence electrons. The Balaban J connectivity index is 1.95. The average molecular weight is 419 g/mol. The van der Waals surface area contributed by atoms with Crippen molar-refractivity contribution < 1.29 is 30.8 Å². The van der Waals surface area contributed by atoms with Crippen molar-refractivity contribution in [3.05, 3.63) is 52.5 Å². The number of hydrogen-bond donors (Lipinski definition) is 1. The van der Waals surface area contributed by atoms with Gasteiger partial charge in [0.1, 0.15) is 5.52 Å². The van der Waals surface area contributed by atoms with Crippen molar-refractivity contribution in [2.75, 3.05) is 11.6 Å². The minimum Gasteiger partial charge on any atom is -0.428 e. The van der Waals surface area contributed by atoms with E-state index >= 15 is 0 Å². The summed E-state index contributed by atoms with van der Waals surface area (Å²) in [6.45, 7) is 0. The predicted molar refractivity (Wildman–Crippen MR) is 91.5 cm³/mol. The maximum Gasteiger partial charge on any atom is 0.417 e. The Hall–Kier alpha value is -2.59. The highest BCUT2D eigenvalue weighted by atomic mass is 35.5. The van der Waals surface area contributed by atoms with Crippen LogP contribution >= 0.6 is 11.6 Å². The second kappa shape index (κ2) is 6.54. The number of rotatable bonds is 3. The molecule has 0 spiro atoms. The van der Waals surface area contributed by atoms with E-state index in [1.54, 1.807) is 0 Å². The van der Waals surface area contributed by atoms with Crippen LogP contribution in [0.1, 0.15) is 15.9 Å². The van der Waals surface area contributed by atoms with Crippen LogP contribution in [0, 0.1) is 0 Å². The highest BCUT2D eigenvalue weighted by Crippen LogP contribution is 2.34. The fourth-order valence-electron chi connectivity index (χ4n) is 2.29. The Morgan fingerprint density at radius 3 is 2.52 bits per heavy atom. The Labute approximate surface area is 155 Å². The summed E-state index contributed by atoms with van der Waals surface area (Å²) < 4.78 is 67.4. The van der Waals surface area contributed by atoms with Crippen LogP contribution in [-0.2, 0) is 16.0 Å². The number of carbonyl (C=O) groups is 1. The molecule has 1 N–H and O–H groups in total. The number of fused-ring (bicyclic) bond motifs is 1. The first-order valence-corrected chi connectivity index (χ1v) is 9.51. The van der Waals surface area contributed by atoms with Crippen molar-refractivity contribution in [2.24, 2.45) is 0 Å². The summed E-state index contributed by atoms with van der Waals surface area (Å²) in [4.78, 5) is 16.1. The van der Waals surface area contributed by atoms with Crippen molar-refractivity contribution >= 4 is 44.1 Å². The molecule has 0 radical (unpaired) electrons. The number of aromatic nitrogens is 1. The molecule has 2 aromatic carbocycles. The van der Waals surface area contributed by atoms with Gasteiger partial charge < -0.3 is 9.73 Å². The molecule has 27 heavy (non-hydrogen) atoms. The van der Waals surface area contributed by atoms with Gasteiger partial charge in [-0.15, -0.1) is 0 Å². The molecule has 3 rings (SSSR count). The molecule has 6 nitrogen and oxygen atoms in total. The minimum atomic E-state index is -4.77. The number of alkyl halides is 3. The molecule has 0 unspecified atom stereocenters. The number of amides is 1. The first kappa shape index (κ1) is 19.2. The van der Waals surface area contributed by atoms with Crippen molar-refractivity contribution in [2.45, 2.75) is 11.4 Å². The molecular weight excluding hydrogens is 409 g/mol. The Kier molecular flexibility index (Phi) is 4.64. The zero-order valence-corrected chi connectivity index (χ0v) is 15.0. The lowest BCUT2D eigenvalue weighted by Gasteiger charge is -2.13. The fraction of sp³-hybridized carbons (Fsp3) is 0.125.